The van der Waals surface area contributed by atoms with Gasteiger partial charge in [-0.3, -0.25) is 0 Å². The van der Waals surface area contributed by atoms with Gasteiger partial charge in [0.25, 0.3) is 0 Å². The van der Waals surface area contributed by atoms with Crippen molar-refractivity contribution in [1.82, 2.24) is 0 Å². The lowest BCUT2D eigenvalue weighted by Crippen LogP contribution is -2.21. The highest BCUT2D eigenvalue weighted by molar-refractivity contribution is 8.00. The van der Waals surface area contributed by atoms with Crippen LogP contribution in [0, 0.1) is 18.6 Å². The summed E-state index contributed by atoms with van der Waals surface area (Å²) in [6.45, 7) is 2.10. The molecule has 0 aliphatic carbocycles. The number of benzene rings is 7. The van der Waals surface area contributed by atoms with E-state index >= 15 is 8.78 Å². The number of halogens is 2. The van der Waals surface area contributed by atoms with E-state index < -0.39 is 0 Å². The van der Waals surface area contributed by atoms with Crippen LogP contribution in [0.2, 0.25) is 0 Å². The molecule has 2 aliphatic heterocycles. The van der Waals surface area contributed by atoms with Gasteiger partial charge >= 0.3 is 0 Å². The molecule has 236 valence electrons. The molecule has 7 aromatic rings. The summed E-state index contributed by atoms with van der Waals surface area (Å²) in [6.07, 6.45) is 0. The zero-order valence-corrected chi connectivity index (χ0v) is 28.0. The first-order valence-corrected chi connectivity index (χ1v) is 17.7. The molecule has 0 saturated carbocycles. The molecule has 7 aromatic carbocycles. The molecule has 9 rings (SSSR count). The summed E-state index contributed by atoms with van der Waals surface area (Å²) in [4.78, 5) is 8.94. The van der Waals surface area contributed by atoms with Gasteiger partial charge in [0, 0.05) is 41.8 Å². The Morgan fingerprint density at radius 3 is 1.04 bits per heavy atom. The highest BCUT2D eigenvalue weighted by Crippen LogP contribution is 2.59. The lowest BCUT2D eigenvalue weighted by atomic mass is 9.89. The van der Waals surface area contributed by atoms with Crippen molar-refractivity contribution in [3.63, 3.8) is 0 Å². The molecule has 0 unspecified atom stereocenters. The van der Waals surface area contributed by atoms with Gasteiger partial charge < -0.3 is 9.80 Å². The molecule has 0 bridgehead atoms. The van der Waals surface area contributed by atoms with Crippen molar-refractivity contribution in [1.29, 1.82) is 0 Å². The van der Waals surface area contributed by atoms with E-state index in [0.29, 0.717) is 22.3 Å². The number of rotatable bonds is 4. The van der Waals surface area contributed by atoms with Crippen LogP contribution in [0.1, 0.15) is 5.56 Å². The summed E-state index contributed by atoms with van der Waals surface area (Å²) < 4.78 is 32.2. The first-order chi connectivity index (χ1) is 24.1. The van der Waals surface area contributed by atoms with Crippen molar-refractivity contribution >= 4 is 57.6 Å². The van der Waals surface area contributed by atoms with Crippen LogP contribution in [0.3, 0.4) is 0 Å². The third-order valence-corrected chi connectivity index (χ3v) is 11.4. The van der Waals surface area contributed by atoms with Gasteiger partial charge in [-0.25, -0.2) is 8.78 Å². The molecular formula is C43H28F2N2S2. The van der Waals surface area contributed by atoms with Gasteiger partial charge in [0.1, 0.15) is 11.6 Å². The maximum atomic E-state index is 16.1. The number of anilines is 6. The van der Waals surface area contributed by atoms with Crippen LogP contribution in [-0.4, -0.2) is 0 Å². The quantitative estimate of drug-likeness (QED) is 0.183. The van der Waals surface area contributed by atoms with Gasteiger partial charge in [-0.1, -0.05) is 108 Å². The molecule has 2 heterocycles. The van der Waals surface area contributed by atoms with Crippen molar-refractivity contribution in [3.05, 3.63) is 169 Å². The molecular weight excluding hydrogens is 647 g/mol. The lowest BCUT2D eigenvalue weighted by Gasteiger charge is -2.39. The highest BCUT2D eigenvalue weighted by Gasteiger charge is 2.34. The average Bonchev–Trinajstić information content (AvgIpc) is 3.13. The van der Waals surface area contributed by atoms with E-state index in [0.717, 1.165) is 59.3 Å². The Hall–Kier alpha value is -5.30. The SMILES string of the molecule is Cc1c(N2c3ccccc3Sc3ccccc32)c(-c2ccccc2F)cc(-c2ccccc2F)c1N1c2ccccc2Sc2ccccc21. The average molecular weight is 675 g/mol. The topological polar surface area (TPSA) is 6.48 Å². The van der Waals surface area contributed by atoms with E-state index in [1.807, 2.05) is 54.6 Å². The second-order valence-corrected chi connectivity index (χ2v) is 14.2. The Kier molecular flexibility index (Phi) is 7.29. The van der Waals surface area contributed by atoms with Gasteiger partial charge in [0.2, 0.25) is 0 Å². The molecule has 6 heteroatoms. The first-order valence-electron chi connectivity index (χ1n) is 16.1. The Bertz CT molecular complexity index is 2170. The van der Waals surface area contributed by atoms with E-state index in [1.54, 1.807) is 35.7 Å². The summed E-state index contributed by atoms with van der Waals surface area (Å²) in [6, 6.07) is 49.1. The zero-order chi connectivity index (χ0) is 33.1. The molecule has 0 radical (unpaired) electrons. The van der Waals surface area contributed by atoms with Crippen molar-refractivity contribution in [2.75, 3.05) is 9.80 Å². The van der Waals surface area contributed by atoms with Crippen LogP contribution in [0.15, 0.2) is 171 Å². The molecule has 2 nitrogen and oxygen atoms in total. The Labute approximate surface area is 292 Å². The second kappa shape index (κ2) is 12.0. The fourth-order valence-electron chi connectivity index (χ4n) is 7.03. The van der Waals surface area contributed by atoms with E-state index in [9.17, 15) is 0 Å². The summed E-state index contributed by atoms with van der Waals surface area (Å²) in [5.74, 6) is -0.679. The van der Waals surface area contributed by atoms with Crippen molar-refractivity contribution < 1.29 is 8.78 Å². The number of hydrogen-bond acceptors (Lipinski definition) is 4. The maximum Gasteiger partial charge on any atom is 0.131 e. The van der Waals surface area contributed by atoms with Crippen LogP contribution >= 0.6 is 23.5 Å². The van der Waals surface area contributed by atoms with Crippen molar-refractivity contribution in [3.8, 4) is 22.3 Å². The van der Waals surface area contributed by atoms with E-state index in [2.05, 4.69) is 89.5 Å². The summed E-state index contributed by atoms with van der Waals surface area (Å²) in [5.41, 5.74) is 8.87. The molecule has 0 spiro atoms. The van der Waals surface area contributed by atoms with Crippen LogP contribution in [0.4, 0.5) is 42.9 Å². The fourth-order valence-corrected chi connectivity index (χ4v) is 9.15. The lowest BCUT2D eigenvalue weighted by molar-refractivity contribution is 0.631. The minimum atomic E-state index is -0.339. The molecule has 49 heavy (non-hydrogen) atoms. The number of para-hydroxylation sites is 4. The van der Waals surface area contributed by atoms with Gasteiger partial charge in [-0.05, 0) is 79.2 Å². The Morgan fingerprint density at radius 2 is 0.694 bits per heavy atom. The number of fused-ring (bicyclic) bond motifs is 4. The van der Waals surface area contributed by atoms with E-state index in [1.165, 1.54) is 12.1 Å². The van der Waals surface area contributed by atoms with Gasteiger partial charge in [-0.15, -0.1) is 0 Å². The van der Waals surface area contributed by atoms with Crippen LogP contribution < -0.4 is 9.80 Å². The predicted octanol–water partition coefficient (Wildman–Crippen LogP) is 13.5. The predicted molar refractivity (Wildman–Crippen MR) is 200 cm³/mol. The minimum Gasteiger partial charge on any atom is -0.307 e. The van der Waals surface area contributed by atoms with E-state index in [4.69, 9.17) is 0 Å². The molecule has 0 aromatic heterocycles. The highest BCUT2D eigenvalue weighted by atomic mass is 32.2. The second-order valence-electron chi connectivity index (χ2n) is 12.0. The maximum absolute atomic E-state index is 16.1. The standard InChI is InChI=1S/C43H28F2N2S2/c1-27-42(46-34-18-6-10-22-38(34)48-39-23-11-7-19-35(39)46)30(28-14-2-4-16-32(28)44)26-31(29-15-3-5-17-33(29)45)43(27)47-36-20-8-12-24-40(36)49-41-25-13-9-21-37(41)47/h2-26H,1H3. The molecule has 0 amide bonds. The zero-order valence-electron chi connectivity index (χ0n) is 26.4. The number of nitrogens with zero attached hydrogens (tertiary/aromatic N) is 2. The van der Waals surface area contributed by atoms with Crippen molar-refractivity contribution in [2.24, 2.45) is 0 Å². The molecule has 0 atom stereocenters. The minimum absolute atomic E-state index is 0.339. The van der Waals surface area contributed by atoms with Crippen molar-refractivity contribution in [2.45, 2.75) is 26.5 Å². The first kappa shape index (κ1) is 29.8. The van der Waals surface area contributed by atoms with Crippen LogP contribution in [0.5, 0.6) is 0 Å². The molecule has 2 aliphatic rings. The van der Waals surface area contributed by atoms with Gasteiger partial charge in [-0.2, -0.15) is 0 Å². The summed E-state index contributed by atoms with van der Waals surface area (Å²) in [5, 5.41) is 0. The largest absolute Gasteiger partial charge is 0.307 e. The third-order valence-electron chi connectivity index (χ3n) is 9.15. The third kappa shape index (κ3) is 4.86. The summed E-state index contributed by atoms with van der Waals surface area (Å²) in [7, 11) is 0. The van der Waals surface area contributed by atoms with Gasteiger partial charge in [0.05, 0.1) is 34.1 Å². The smallest absolute Gasteiger partial charge is 0.131 e. The summed E-state index contributed by atoms with van der Waals surface area (Å²) >= 11 is 3.46. The van der Waals surface area contributed by atoms with Crippen LogP contribution in [-0.2, 0) is 0 Å². The Morgan fingerprint density at radius 1 is 0.388 bits per heavy atom. The number of hydrogen-bond donors (Lipinski definition) is 0. The van der Waals surface area contributed by atoms with E-state index in [-0.39, 0.29) is 11.6 Å². The normalized spacial score (nSPS) is 13.0. The monoisotopic (exact) mass is 674 g/mol. The molecule has 0 fully saturated rings. The fraction of sp³-hybridized carbons (Fsp3) is 0.0233. The molecule has 0 saturated heterocycles. The Balaban J connectivity index is 1.46. The van der Waals surface area contributed by atoms with Crippen LogP contribution in [0.25, 0.3) is 22.3 Å². The molecule has 0 N–H and O–H groups in total. The van der Waals surface area contributed by atoms with Gasteiger partial charge in [0.15, 0.2) is 0 Å².